The van der Waals surface area contributed by atoms with Gasteiger partial charge in [0.2, 0.25) is 0 Å². The van der Waals surface area contributed by atoms with E-state index >= 15 is 0 Å². The van der Waals surface area contributed by atoms with Gasteiger partial charge in [-0.15, -0.1) is 0 Å². The van der Waals surface area contributed by atoms with E-state index in [-0.39, 0.29) is 0 Å². The molecule has 0 bridgehead atoms. The molecule has 0 aliphatic carbocycles. The summed E-state index contributed by atoms with van der Waals surface area (Å²) in [7, 11) is -0.958. The van der Waals surface area contributed by atoms with Crippen LogP contribution in [0.5, 0.6) is 0 Å². The van der Waals surface area contributed by atoms with Crippen LogP contribution >= 0.6 is 0 Å². The number of allylic oxidation sites excluding steroid dienone is 3. The van der Waals surface area contributed by atoms with Crippen LogP contribution in [0.4, 0.5) is 0 Å². The second-order valence-electron chi connectivity index (χ2n) is 6.47. The van der Waals surface area contributed by atoms with Crippen LogP contribution in [0.3, 0.4) is 0 Å². The summed E-state index contributed by atoms with van der Waals surface area (Å²) in [6.45, 7) is 12.8. The zero-order chi connectivity index (χ0) is 14.8. The van der Waals surface area contributed by atoms with Gasteiger partial charge in [-0.2, -0.15) is 0 Å². The first-order valence-corrected chi connectivity index (χ1v) is 11.1. The predicted octanol–water partition coefficient (Wildman–Crippen LogP) is 5.43. The van der Waals surface area contributed by atoms with Crippen LogP contribution in [0.25, 0.3) is 0 Å². The maximum absolute atomic E-state index is 5.67. The third-order valence-electron chi connectivity index (χ3n) is 2.98. The van der Waals surface area contributed by atoms with E-state index in [1.165, 1.54) is 17.2 Å². The maximum atomic E-state index is 5.67. The lowest BCUT2D eigenvalue weighted by molar-refractivity contribution is 0.119. The lowest BCUT2D eigenvalue weighted by Crippen LogP contribution is -2.17. The molecule has 0 aliphatic rings. The van der Waals surface area contributed by atoms with Gasteiger partial charge in [-0.05, 0) is 24.4 Å². The molecule has 0 unspecified atom stereocenters. The molecule has 1 rings (SSSR count). The Balaban J connectivity index is 2.08. The molecule has 0 saturated carbocycles. The van der Waals surface area contributed by atoms with Crippen molar-refractivity contribution >= 4 is 8.07 Å². The molecule has 0 saturated heterocycles. The van der Waals surface area contributed by atoms with Crippen LogP contribution in [-0.2, 0) is 11.3 Å². The fourth-order valence-electron chi connectivity index (χ4n) is 1.83. The molecule has 20 heavy (non-hydrogen) atoms. The highest BCUT2D eigenvalue weighted by Gasteiger charge is 2.09. The van der Waals surface area contributed by atoms with Gasteiger partial charge in [0.05, 0.1) is 6.61 Å². The van der Waals surface area contributed by atoms with Crippen molar-refractivity contribution in [1.82, 2.24) is 0 Å². The standard InChI is InChI=1S/C18H28OSi/c1-17(11-9-15-20(2,3)4)10-8-14-19-16-18-12-6-5-7-13-18/h5-7,9,11-13H,1,8,10,14-16H2,2-4H3/b11-9+. The van der Waals surface area contributed by atoms with Crippen LogP contribution in [0, 0.1) is 0 Å². The van der Waals surface area contributed by atoms with Gasteiger partial charge in [0.15, 0.2) is 0 Å². The first-order chi connectivity index (χ1) is 9.47. The van der Waals surface area contributed by atoms with E-state index in [4.69, 9.17) is 4.74 Å². The topological polar surface area (TPSA) is 9.23 Å². The first-order valence-electron chi connectivity index (χ1n) is 7.43. The second kappa shape index (κ2) is 8.93. The second-order valence-corrected chi connectivity index (χ2v) is 12.0. The van der Waals surface area contributed by atoms with Gasteiger partial charge in [-0.25, -0.2) is 0 Å². The number of rotatable bonds is 9. The summed E-state index contributed by atoms with van der Waals surface area (Å²) in [6, 6.07) is 11.5. The molecule has 0 heterocycles. The van der Waals surface area contributed by atoms with Gasteiger partial charge < -0.3 is 4.74 Å². The predicted molar refractivity (Wildman–Crippen MR) is 91.8 cm³/mol. The average Bonchev–Trinajstić information content (AvgIpc) is 2.38. The van der Waals surface area contributed by atoms with Crippen LogP contribution < -0.4 is 0 Å². The number of hydrogen-bond donors (Lipinski definition) is 0. The summed E-state index contributed by atoms with van der Waals surface area (Å²) in [4.78, 5) is 0. The van der Waals surface area contributed by atoms with Crippen molar-refractivity contribution < 1.29 is 4.74 Å². The fourth-order valence-corrected chi connectivity index (χ4v) is 2.65. The zero-order valence-electron chi connectivity index (χ0n) is 13.2. The molecule has 1 aromatic carbocycles. The van der Waals surface area contributed by atoms with E-state index in [0.717, 1.165) is 19.4 Å². The third kappa shape index (κ3) is 8.89. The first kappa shape index (κ1) is 16.9. The number of benzene rings is 1. The van der Waals surface area contributed by atoms with Crippen LogP contribution in [0.1, 0.15) is 18.4 Å². The van der Waals surface area contributed by atoms with Gasteiger partial charge in [0.1, 0.15) is 0 Å². The Labute approximate surface area is 125 Å². The van der Waals surface area contributed by atoms with Crippen molar-refractivity contribution in [3.8, 4) is 0 Å². The quantitative estimate of drug-likeness (QED) is 0.334. The van der Waals surface area contributed by atoms with E-state index in [9.17, 15) is 0 Å². The van der Waals surface area contributed by atoms with Crippen molar-refractivity contribution in [2.75, 3.05) is 6.61 Å². The molecule has 0 aliphatic heterocycles. The van der Waals surface area contributed by atoms with Crippen molar-refractivity contribution in [3.05, 3.63) is 60.2 Å². The van der Waals surface area contributed by atoms with Gasteiger partial charge in [0.25, 0.3) is 0 Å². The maximum Gasteiger partial charge on any atom is 0.0716 e. The fraction of sp³-hybridized carbons (Fsp3) is 0.444. The number of ether oxygens (including phenoxy) is 1. The lowest BCUT2D eigenvalue weighted by atomic mass is 10.1. The van der Waals surface area contributed by atoms with Crippen LogP contribution in [0.2, 0.25) is 25.7 Å². The minimum atomic E-state index is -0.958. The smallest absolute Gasteiger partial charge is 0.0716 e. The molecule has 2 heteroatoms. The summed E-state index contributed by atoms with van der Waals surface area (Å²) in [5.41, 5.74) is 2.45. The highest BCUT2D eigenvalue weighted by atomic mass is 28.3. The van der Waals surface area contributed by atoms with Crippen molar-refractivity contribution in [2.45, 2.75) is 45.1 Å². The molecule has 1 nitrogen and oxygen atoms in total. The average molecular weight is 289 g/mol. The normalized spacial score (nSPS) is 11.9. The highest BCUT2D eigenvalue weighted by molar-refractivity contribution is 6.76. The largest absolute Gasteiger partial charge is 0.377 e. The molecule has 0 spiro atoms. The van der Waals surface area contributed by atoms with Gasteiger partial charge >= 0.3 is 0 Å². The summed E-state index contributed by atoms with van der Waals surface area (Å²) < 4.78 is 5.67. The molecule has 0 amide bonds. The third-order valence-corrected chi connectivity index (χ3v) is 4.44. The molecule has 0 radical (unpaired) electrons. The molecule has 0 fully saturated rings. The molecule has 1 aromatic rings. The summed E-state index contributed by atoms with van der Waals surface area (Å²) >= 11 is 0. The molecular weight excluding hydrogens is 260 g/mol. The Morgan fingerprint density at radius 2 is 1.90 bits per heavy atom. The van der Waals surface area contributed by atoms with Gasteiger partial charge in [-0.1, -0.05) is 74.3 Å². The summed E-state index contributed by atoms with van der Waals surface area (Å²) in [6.07, 6.45) is 6.55. The number of hydrogen-bond acceptors (Lipinski definition) is 1. The molecule has 0 N–H and O–H groups in total. The SMILES string of the molecule is C=C(/C=C/C[Si](C)(C)C)CCCOCc1ccccc1. The Bertz CT molecular complexity index is 415. The Kier molecular flexibility index (Phi) is 7.56. The minimum Gasteiger partial charge on any atom is -0.377 e. The van der Waals surface area contributed by atoms with E-state index in [1.807, 2.05) is 18.2 Å². The molecule has 110 valence electrons. The van der Waals surface area contributed by atoms with Gasteiger partial charge in [0, 0.05) is 14.7 Å². The van der Waals surface area contributed by atoms with Gasteiger partial charge in [-0.3, -0.25) is 0 Å². The van der Waals surface area contributed by atoms with E-state index < -0.39 is 8.07 Å². The Hall–Kier alpha value is -1.12. The van der Waals surface area contributed by atoms with Crippen LogP contribution in [0.15, 0.2) is 54.6 Å². The Morgan fingerprint density at radius 3 is 2.55 bits per heavy atom. The van der Waals surface area contributed by atoms with Crippen molar-refractivity contribution in [3.63, 3.8) is 0 Å². The van der Waals surface area contributed by atoms with E-state index in [0.29, 0.717) is 6.61 Å². The lowest BCUT2D eigenvalue weighted by Gasteiger charge is -2.11. The summed E-state index contributed by atoms with van der Waals surface area (Å²) in [5.74, 6) is 0. The zero-order valence-corrected chi connectivity index (χ0v) is 14.2. The van der Waals surface area contributed by atoms with Crippen LogP contribution in [-0.4, -0.2) is 14.7 Å². The Morgan fingerprint density at radius 1 is 1.20 bits per heavy atom. The molecule has 0 aromatic heterocycles. The van der Waals surface area contributed by atoms with E-state index in [1.54, 1.807) is 0 Å². The minimum absolute atomic E-state index is 0.707. The monoisotopic (exact) mass is 288 g/mol. The van der Waals surface area contributed by atoms with E-state index in [2.05, 4.69) is 50.5 Å². The van der Waals surface area contributed by atoms with Crippen molar-refractivity contribution in [1.29, 1.82) is 0 Å². The van der Waals surface area contributed by atoms with Crippen molar-refractivity contribution in [2.24, 2.45) is 0 Å². The summed E-state index contributed by atoms with van der Waals surface area (Å²) in [5, 5.41) is 0. The molecule has 0 atom stereocenters. The molecular formula is C18H28OSi. The highest BCUT2D eigenvalue weighted by Crippen LogP contribution is 2.11.